The molecule has 1 rings (SSSR count). The van der Waals surface area contributed by atoms with Gasteiger partial charge >= 0.3 is 0 Å². The molecule has 0 aromatic carbocycles. The molecule has 108 valence electrons. The van der Waals surface area contributed by atoms with Crippen molar-refractivity contribution >= 4 is 18.3 Å². The third kappa shape index (κ3) is 7.19. The number of nitrogens with one attached hydrogen (secondary N) is 1. The fourth-order valence-corrected chi connectivity index (χ4v) is 2.38. The molecule has 0 aromatic heterocycles. The largest absolute Gasteiger partial charge is 0.383 e. The van der Waals surface area contributed by atoms with Gasteiger partial charge in [-0.1, -0.05) is 32.1 Å². The number of carbonyl (C=O) groups is 1. The lowest BCUT2D eigenvalue weighted by atomic mass is 9.91. The van der Waals surface area contributed by atoms with Crippen LogP contribution >= 0.6 is 12.4 Å². The SMILES string of the molecule is COCC(N)C(=O)NCC1CCCCCCC1.Cl. The Kier molecular flexibility index (Phi) is 10.4. The molecule has 1 unspecified atom stereocenters. The van der Waals surface area contributed by atoms with Gasteiger partial charge in [-0.2, -0.15) is 0 Å². The molecule has 1 fully saturated rings. The Hall–Kier alpha value is -0.320. The number of nitrogens with two attached hydrogens (primary N) is 1. The molecule has 4 nitrogen and oxygen atoms in total. The molecule has 1 atom stereocenters. The van der Waals surface area contributed by atoms with Crippen LogP contribution in [0.15, 0.2) is 0 Å². The lowest BCUT2D eigenvalue weighted by molar-refractivity contribution is -0.123. The Morgan fingerprint density at radius 3 is 2.39 bits per heavy atom. The molecular weight excluding hydrogens is 252 g/mol. The summed E-state index contributed by atoms with van der Waals surface area (Å²) < 4.78 is 4.87. The van der Waals surface area contributed by atoms with E-state index < -0.39 is 6.04 Å². The third-order valence-electron chi connectivity index (χ3n) is 3.47. The van der Waals surface area contributed by atoms with Crippen LogP contribution in [0.25, 0.3) is 0 Å². The quantitative estimate of drug-likeness (QED) is 0.807. The summed E-state index contributed by atoms with van der Waals surface area (Å²) in [5, 5.41) is 2.94. The number of amides is 1. The molecule has 0 radical (unpaired) electrons. The molecule has 18 heavy (non-hydrogen) atoms. The van der Waals surface area contributed by atoms with Crippen molar-refractivity contribution in [3.63, 3.8) is 0 Å². The second-order valence-corrected chi connectivity index (χ2v) is 5.02. The van der Waals surface area contributed by atoms with E-state index in [0.717, 1.165) is 6.54 Å². The topological polar surface area (TPSA) is 64.3 Å². The number of halogens is 1. The van der Waals surface area contributed by atoms with E-state index in [4.69, 9.17) is 10.5 Å². The maximum Gasteiger partial charge on any atom is 0.239 e. The van der Waals surface area contributed by atoms with Gasteiger partial charge in [-0.25, -0.2) is 0 Å². The van der Waals surface area contributed by atoms with Gasteiger partial charge in [0.25, 0.3) is 0 Å². The molecule has 1 aliphatic rings. The molecule has 0 spiro atoms. The molecule has 3 N–H and O–H groups in total. The van der Waals surface area contributed by atoms with Gasteiger partial charge in [0.15, 0.2) is 0 Å². The van der Waals surface area contributed by atoms with Gasteiger partial charge in [0.05, 0.1) is 6.61 Å². The molecular formula is C13H27ClN2O2. The maximum absolute atomic E-state index is 11.6. The summed E-state index contributed by atoms with van der Waals surface area (Å²) in [4.78, 5) is 11.6. The van der Waals surface area contributed by atoms with E-state index in [9.17, 15) is 4.79 Å². The van der Waals surface area contributed by atoms with Crippen molar-refractivity contribution < 1.29 is 9.53 Å². The van der Waals surface area contributed by atoms with E-state index in [1.807, 2.05) is 0 Å². The standard InChI is InChI=1S/C13H26N2O2.ClH/c1-17-10-12(14)13(16)15-9-11-7-5-3-2-4-6-8-11;/h11-12H,2-10,14H2,1H3,(H,15,16);1H. The molecule has 0 aliphatic heterocycles. The van der Waals surface area contributed by atoms with Crippen molar-refractivity contribution in [3.8, 4) is 0 Å². The number of carbonyl (C=O) groups excluding carboxylic acids is 1. The Morgan fingerprint density at radius 2 is 1.83 bits per heavy atom. The molecule has 0 bridgehead atoms. The summed E-state index contributed by atoms with van der Waals surface area (Å²) in [6.45, 7) is 1.06. The van der Waals surface area contributed by atoms with Crippen LogP contribution in [-0.4, -0.2) is 32.2 Å². The molecule has 1 amide bonds. The van der Waals surface area contributed by atoms with E-state index in [1.54, 1.807) is 7.11 Å². The summed E-state index contributed by atoms with van der Waals surface area (Å²) in [5.74, 6) is 0.544. The number of hydrogen-bond donors (Lipinski definition) is 2. The van der Waals surface area contributed by atoms with E-state index in [0.29, 0.717) is 5.92 Å². The van der Waals surface area contributed by atoms with Gasteiger partial charge in [-0.15, -0.1) is 12.4 Å². The number of methoxy groups -OCH3 is 1. The van der Waals surface area contributed by atoms with Crippen molar-refractivity contribution in [2.75, 3.05) is 20.3 Å². The average Bonchev–Trinajstić information content (AvgIpc) is 2.27. The van der Waals surface area contributed by atoms with Crippen LogP contribution in [0.4, 0.5) is 0 Å². The highest BCUT2D eigenvalue weighted by atomic mass is 35.5. The highest BCUT2D eigenvalue weighted by Gasteiger charge is 2.16. The maximum atomic E-state index is 11.6. The number of hydrogen-bond acceptors (Lipinski definition) is 3. The monoisotopic (exact) mass is 278 g/mol. The van der Waals surface area contributed by atoms with Crippen molar-refractivity contribution in [2.45, 2.75) is 51.0 Å². The molecule has 0 heterocycles. The van der Waals surface area contributed by atoms with Gasteiger partial charge in [0, 0.05) is 13.7 Å². The van der Waals surface area contributed by atoms with Gasteiger partial charge < -0.3 is 15.8 Å². The predicted octanol–water partition coefficient (Wildman–Crippen LogP) is 1.86. The van der Waals surface area contributed by atoms with Crippen LogP contribution < -0.4 is 11.1 Å². The van der Waals surface area contributed by atoms with E-state index >= 15 is 0 Å². The first-order valence-corrected chi connectivity index (χ1v) is 6.76. The van der Waals surface area contributed by atoms with E-state index in [2.05, 4.69) is 5.32 Å². The zero-order chi connectivity index (χ0) is 12.5. The van der Waals surface area contributed by atoms with Crippen LogP contribution in [0.3, 0.4) is 0 Å². The smallest absolute Gasteiger partial charge is 0.239 e. The fraction of sp³-hybridized carbons (Fsp3) is 0.923. The summed E-state index contributed by atoms with van der Waals surface area (Å²) >= 11 is 0. The first-order chi connectivity index (χ1) is 8.24. The minimum atomic E-state index is -0.534. The summed E-state index contributed by atoms with van der Waals surface area (Å²) in [7, 11) is 1.56. The Bertz CT molecular complexity index is 219. The first kappa shape index (κ1) is 17.7. The second-order valence-electron chi connectivity index (χ2n) is 5.02. The van der Waals surface area contributed by atoms with E-state index in [1.165, 1.54) is 44.9 Å². The Balaban J connectivity index is 0.00000289. The Morgan fingerprint density at radius 1 is 1.28 bits per heavy atom. The van der Waals surface area contributed by atoms with Crippen molar-refractivity contribution in [2.24, 2.45) is 11.7 Å². The minimum absolute atomic E-state index is 0. The van der Waals surface area contributed by atoms with E-state index in [-0.39, 0.29) is 24.9 Å². The predicted molar refractivity (Wildman–Crippen MR) is 75.9 cm³/mol. The van der Waals surface area contributed by atoms with Crippen LogP contribution in [0.1, 0.15) is 44.9 Å². The second kappa shape index (κ2) is 10.6. The highest BCUT2D eigenvalue weighted by molar-refractivity contribution is 5.85. The Labute approximate surface area is 116 Å². The molecule has 5 heteroatoms. The normalized spacial score (nSPS) is 19.2. The zero-order valence-corrected chi connectivity index (χ0v) is 12.1. The number of rotatable bonds is 5. The summed E-state index contributed by atoms with van der Waals surface area (Å²) in [6.07, 6.45) is 9.12. The minimum Gasteiger partial charge on any atom is -0.383 e. The van der Waals surface area contributed by atoms with Crippen LogP contribution in [0.2, 0.25) is 0 Å². The lowest BCUT2D eigenvalue weighted by Crippen LogP contribution is -2.44. The number of ether oxygens (including phenoxy) is 1. The molecule has 0 aromatic rings. The van der Waals surface area contributed by atoms with Crippen LogP contribution in [0, 0.1) is 5.92 Å². The zero-order valence-electron chi connectivity index (χ0n) is 11.3. The van der Waals surface area contributed by atoms with Gasteiger partial charge in [-0.3, -0.25) is 4.79 Å². The van der Waals surface area contributed by atoms with Crippen molar-refractivity contribution in [1.82, 2.24) is 5.32 Å². The van der Waals surface area contributed by atoms with Crippen molar-refractivity contribution in [3.05, 3.63) is 0 Å². The van der Waals surface area contributed by atoms with Crippen LogP contribution in [0.5, 0.6) is 0 Å². The third-order valence-corrected chi connectivity index (χ3v) is 3.47. The lowest BCUT2D eigenvalue weighted by Gasteiger charge is -2.21. The molecule has 1 aliphatic carbocycles. The average molecular weight is 279 g/mol. The molecule has 1 saturated carbocycles. The first-order valence-electron chi connectivity index (χ1n) is 6.76. The van der Waals surface area contributed by atoms with Gasteiger partial charge in [0.1, 0.15) is 6.04 Å². The van der Waals surface area contributed by atoms with Gasteiger partial charge in [-0.05, 0) is 18.8 Å². The fourth-order valence-electron chi connectivity index (χ4n) is 2.38. The van der Waals surface area contributed by atoms with Crippen molar-refractivity contribution in [1.29, 1.82) is 0 Å². The summed E-state index contributed by atoms with van der Waals surface area (Å²) in [6, 6.07) is -0.534. The van der Waals surface area contributed by atoms with Crippen LogP contribution in [-0.2, 0) is 9.53 Å². The molecule has 0 saturated heterocycles. The van der Waals surface area contributed by atoms with Gasteiger partial charge in [0.2, 0.25) is 5.91 Å². The summed E-state index contributed by atoms with van der Waals surface area (Å²) in [5.41, 5.74) is 5.66. The highest BCUT2D eigenvalue weighted by Crippen LogP contribution is 2.21.